The molecule has 0 aliphatic heterocycles. The van der Waals surface area contributed by atoms with Crippen molar-refractivity contribution in [2.75, 3.05) is 18.5 Å². The van der Waals surface area contributed by atoms with Gasteiger partial charge in [0.1, 0.15) is 12.0 Å². The van der Waals surface area contributed by atoms with E-state index in [1.807, 2.05) is 79.9 Å². The first-order valence-electron chi connectivity index (χ1n) is 15.3. The summed E-state index contributed by atoms with van der Waals surface area (Å²) in [5, 5.41) is 17.7. The van der Waals surface area contributed by atoms with Gasteiger partial charge in [-0.15, -0.1) is 0 Å². The van der Waals surface area contributed by atoms with Crippen molar-refractivity contribution in [3.05, 3.63) is 84.1 Å². The highest BCUT2D eigenvalue weighted by Gasteiger charge is 2.25. The fourth-order valence-corrected chi connectivity index (χ4v) is 5.81. The second kappa shape index (κ2) is 13.8. The van der Waals surface area contributed by atoms with Gasteiger partial charge < -0.3 is 25.5 Å². The summed E-state index contributed by atoms with van der Waals surface area (Å²) in [6, 6.07) is 21.1. The topological polar surface area (TPSA) is 107 Å². The number of aromatic nitrogens is 1. The maximum atomic E-state index is 13.8. The first-order chi connectivity index (χ1) is 20.9. The molecule has 8 nitrogen and oxygen atoms in total. The van der Waals surface area contributed by atoms with E-state index >= 15 is 0 Å². The number of carbonyl (C=O) groups excluding carboxylic acids is 2. The second-order valence-electron chi connectivity index (χ2n) is 11.3. The molecule has 1 aliphatic rings. The second-order valence-corrected chi connectivity index (χ2v) is 11.3. The number of carbonyl (C=O) groups is 2. The Bertz CT molecular complexity index is 1560. The number of H-pyrrole nitrogens is 1. The molecule has 5 rings (SSSR count). The number of fused-ring (bicyclic) bond motifs is 1. The van der Waals surface area contributed by atoms with E-state index in [2.05, 4.69) is 22.5 Å². The maximum Gasteiger partial charge on any atom is 0.321 e. The van der Waals surface area contributed by atoms with E-state index < -0.39 is 12.1 Å². The Morgan fingerprint density at radius 3 is 2.58 bits per heavy atom. The Hall–Kier alpha value is -4.30. The highest BCUT2D eigenvalue weighted by Crippen LogP contribution is 2.33. The van der Waals surface area contributed by atoms with Crippen molar-refractivity contribution in [2.45, 2.75) is 70.6 Å². The number of ether oxygens (including phenoxy) is 1. The number of nitrogens with one attached hydrogen (secondary N) is 3. The summed E-state index contributed by atoms with van der Waals surface area (Å²) in [7, 11) is 1.63. The Morgan fingerprint density at radius 2 is 1.81 bits per heavy atom. The predicted octanol–water partition coefficient (Wildman–Crippen LogP) is 6.95. The van der Waals surface area contributed by atoms with E-state index in [4.69, 9.17) is 4.74 Å². The van der Waals surface area contributed by atoms with Crippen molar-refractivity contribution < 1.29 is 19.4 Å². The number of aromatic amines is 1. The highest BCUT2D eigenvalue weighted by atomic mass is 16.5. The molecule has 1 fully saturated rings. The number of unbranched alkanes of at least 4 members (excludes halogenated alkanes) is 1. The molecule has 4 N–H and O–H groups in total. The van der Waals surface area contributed by atoms with Crippen LogP contribution >= 0.6 is 0 Å². The van der Waals surface area contributed by atoms with Gasteiger partial charge in [-0.05, 0) is 79.1 Å². The Morgan fingerprint density at radius 1 is 1.05 bits per heavy atom. The Kier molecular flexibility index (Phi) is 9.67. The number of para-hydroxylation sites is 1. The molecule has 1 aromatic heterocycles. The van der Waals surface area contributed by atoms with Crippen molar-refractivity contribution in [1.29, 1.82) is 0 Å². The third kappa shape index (κ3) is 6.86. The summed E-state index contributed by atoms with van der Waals surface area (Å²) < 4.78 is 6.33. The molecule has 1 heterocycles. The number of anilines is 1. The molecule has 4 aromatic rings. The summed E-state index contributed by atoms with van der Waals surface area (Å²) in [6.45, 7) is 4.60. The van der Waals surface area contributed by atoms with Crippen molar-refractivity contribution in [3.63, 3.8) is 0 Å². The minimum Gasteiger partial charge on any atom is -0.490 e. The van der Waals surface area contributed by atoms with Gasteiger partial charge in [-0.25, -0.2) is 4.79 Å². The Balaban J connectivity index is 1.44. The van der Waals surface area contributed by atoms with Crippen LogP contribution < -0.4 is 20.3 Å². The molecule has 1 saturated carbocycles. The number of hydrogen-bond acceptors (Lipinski definition) is 4. The fourth-order valence-electron chi connectivity index (χ4n) is 5.81. The van der Waals surface area contributed by atoms with E-state index in [-0.39, 0.29) is 18.1 Å². The van der Waals surface area contributed by atoms with E-state index in [1.54, 1.807) is 11.9 Å². The monoisotopic (exact) mass is 582 g/mol. The van der Waals surface area contributed by atoms with E-state index in [0.717, 1.165) is 71.8 Å². The van der Waals surface area contributed by atoms with Crippen LogP contribution in [0.4, 0.5) is 10.5 Å². The van der Waals surface area contributed by atoms with Crippen LogP contribution in [0, 0.1) is 0 Å². The number of aliphatic hydroxyl groups is 1. The summed E-state index contributed by atoms with van der Waals surface area (Å²) in [4.78, 5) is 31.4. The van der Waals surface area contributed by atoms with Gasteiger partial charge in [0, 0.05) is 42.3 Å². The molecule has 1 aliphatic carbocycles. The van der Waals surface area contributed by atoms with Crippen molar-refractivity contribution in [3.8, 4) is 16.9 Å². The molecule has 3 aromatic carbocycles. The van der Waals surface area contributed by atoms with Crippen LogP contribution in [0.1, 0.15) is 74.2 Å². The standard InChI is InChI=1S/C35H42N4O4/c1-4-5-19-39(35(42)36-3)26-12-10-11-24(20-26)25-17-18-32(43-27-13-6-7-14-27)29(21-25)34(41)38-33(40)23(2)30-22-37-31-16-9-8-15-28(30)31/h8-12,15-18,20-23,27,33,37,40H,4-7,13-14,19H2,1-3H3,(H,36,42)(H,38,41)/t23?,33-/m1/s1. The van der Waals surface area contributed by atoms with E-state index in [9.17, 15) is 14.7 Å². The Labute approximate surface area is 253 Å². The van der Waals surface area contributed by atoms with Gasteiger partial charge in [0.25, 0.3) is 5.91 Å². The van der Waals surface area contributed by atoms with E-state index in [0.29, 0.717) is 17.9 Å². The van der Waals surface area contributed by atoms with Crippen LogP contribution in [0.2, 0.25) is 0 Å². The average molecular weight is 583 g/mol. The van der Waals surface area contributed by atoms with Crippen molar-refractivity contribution in [2.24, 2.45) is 0 Å². The molecule has 3 amide bonds. The van der Waals surface area contributed by atoms with E-state index in [1.165, 1.54) is 0 Å². The SMILES string of the molecule is CCCCN(C(=O)NC)c1cccc(-c2ccc(OC3CCCC3)c(C(=O)N[C@H](O)C(C)c3c[nH]c4ccccc34)c2)c1. The zero-order valence-corrected chi connectivity index (χ0v) is 25.2. The molecule has 2 atom stereocenters. The van der Waals surface area contributed by atoms with Crippen molar-refractivity contribution in [1.82, 2.24) is 15.6 Å². The van der Waals surface area contributed by atoms with Gasteiger partial charge in [0.15, 0.2) is 0 Å². The van der Waals surface area contributed by atoms with Crippen LogP contribution in [0.15, 0.2) is 72.9 Å². The van der Waals surface area contributed by atoms with Crippen LogP contribution in [-0.4, -0.2) is 48.0 Å². The first-order valence-corrected chi connectivity index (χ1v) is 15.3. The molecule has 0 spiro atoms. The molecule has 8 heteroatoms. The number of benzene rings is 3. The lowest BCUT2D eigenvalue weighted by Crippen LogP contribution is -2.38. The fraction of sp³-hybridized carbons (Fsp3) is 0.371. The van der Waals surface area contributed by atoms with Crippen LogP contribution in [-0.2, 0) is 0 Å². The lowest BCUT2D eigenvalue weighted by Gasteiger charge is -2.23. The zero-order chi connectivity index (χ0) is 30.3. The molecule has 43 heavy (non-hydrogen) atoms. The molecule has 226 valence electrons. The van der Waals surface area contributed by atoms with Gasteiger partial charge in [-0.1, -0.05) is 56.7 Å². The smallest absolute Gasteiger partial charge is 0.321 e. The molecule has 0 bridgehead atoms. The number of hydrogen-bond donors (Lipinski definition) is 4. The molecular formula is C35H42N4O4. The minimum atomic E-state index is -1.11. The van der Waals surface area contributed by atoms with Crippen LogP contribution in [0.5, 0.6) is 5.75 Å². The van der Waals surface area contributed by atoms with Gasteiger partial charge in [0.2, 0.25) is 0 Å². The van der Waals surface area contributed by atoms with Gasteiger partial charge in [-0.3, -0.25) is 9.69 Å². The summed E-state index contributed by atoms with van der Waals surface area (Å²) in [5.41, 5.74) is 4.75. The summed E-state index contributed by atoms with van der Waals surface area (Å²) in [6.07, 6.45) is 6.82. The molecule has 0 saturated heterocycles. The number of aliphatic hydroxyl groups excluding tert-OH is 1. The third-order valence-electron chi connectivity index (χ3n) is 8.37. The largest absolute Gasteiger partial charge is 0.490 e. The maximum absolute atomic E-state index is 13.8. The first kappa shape index (κ1) is 30.2. The molecular weight excluding hydrogens is 540 g/mol. The zero-order valence-electron chi connectivity index (χ0n) is 25.2. The number of rotatable bonds is 11. The quantitative estimate of drug-likeness (QED) is 0.144. The minimum absolute atomic E-state index is 0.0653. The average Bonchev–Trinajstić information content (AvgIpc) is 3.71. The predicted molar refractivity (Wildman–Crippen MR) is 172 cm³/mol. The van der Waals surface area contributed by atoms with Gasteiger partial charge in [0.05, 0.1) is 11.7 Å². The lowest BCUT2D eigenvalue weighted by molar-refractivity contribution is 0.0722. The number of amides is 3. The molecule has 0 radical (unpaired) electrons. The van der Waals surface area contributed by atoms with Crippen LogP contribution in [0.25, 0.3) is 22.0 Å². The number of nitrogens with zero attached hydrogens (tertiary/aromatic N) is 1. The normalized spacial score (nSPS) is 14.8. The van der Waals surface area contributed by atoms with Gasteiger partial charge >= 0.3 is 6.03 Å². The lowest BCUT2D eigenvalue weighted by atomic mass is 9.98. The van der Waals surface area contributed by atoms with Crippen molar-refractivity contribution >= 4 is 28.5 Å². The number of urea groups is 1. The van der Waals surface area contributed by atoms with Gasteiger partial charge in [-0.2, -0.15) is 0 Å². The highest BCUT2D eigenvalue weighted by molar-refractivity contribution is 5.99. The third-order valence-corrected chi connectivity index (χ3v) is 8.37. The molecule has 1 unspecified atom stereocenters. The summed E-state index contributed by atoms with van der Waals surface area (Å²) in [5.74, 6) is -0.246. The summed E-state index contributed by atoms with van der Waals surface area (Å²) >= 11 is 0. The van der Waals surface area contributed by atoms with Crippen LogP contribution in [0.3, 0.4) is 0 Å².